The fraction of sp³-hybridized carbons (Fsp3) is 0.412. The van der Waals surface area contributed by atoms with Gasteiger partial charge in [0.1, 0.15) is 0 Å². The second-order valence-electron chi connectivity index (χ2n) is 5.92. The normalized spacial score (nSPS) is 26.6. The van der Waals surface area contributed by atoms with Crippen LogP contribution in [0.1, 0.15) is 42.0 Å². The summed E-state index contributed by atoms with van der Waals surface area (Å²) in [7, 11) is 0. The van der Waals surface area contributed by atoms with Crippen LogP contribution in [-0.2, 0) is 6.42 Å². The van der Waals surface area contributed by atoms with Crippen molar-refractivity contribution in [2.45, 2.75) is 43.6 Å². The molecule has 0 amide bonds. The number of halogens is 1. The molecule has 1 heterocycles. The van der Waals surface area contributed by atoms with Crippen LogP contribution in [0, 0.1) is 0 Å². The number of hydrogen-bond acceptors (Lipinski definition) is 2. The van der Waals surface area contributed by atoms with Gasteiger partial charge in [-0.2, -0.15) is 0 Å². The van der Waals surface area contributed by atoms with Gasteiger partial charge in [-0.1, -0.05) is 30.3 Å². The number of nitrogens with two attached hydrogens (primary N) is 1. The lowest BCUT2D eigenvalue weighted by molar-refractivity contribution is 0.272. The van der Waals surface area contributed by atoms with E-state index in [-0.39, 0.29) is 5.54 Å². The summed E-state index contributed by atoms with van der Waals surface area (Å²) in [5, 5.41) is 2.14. The van der Waals surface area contributed by atoms with Gasteiger partial charge in [0.15, 0.2) is 0 Å². The third-order valence-electron chi connectivity index (χ3n) is 4.46. The molecular formula is C17H20BrNS. The highest BCUT2D eigenvalue weighted by Gasteiger charge is 2.33. The molecular weight excluding hydrogens is 330 g/mol. The summed E-state index contributed by atoms with van der Waals surface area (Å²) >= 11 is 5.43. The van der Waals surface area contributed by atoms with Gasteiger partial charge in [-0.05, 0) is 64.5 Å². The van der Waals surface area contributed by atoms with E-state index in [1.54, 1.807) is 0 Å². The summed E-state index contributed by atoms with van der Waals surface area (Å²) in [6.45, 7) is 0. The lowest BCUT2D eigenvalue weighted by Crippen LogP contribution is -2.44. The Balaban J connectivity index is 1.64. The predicted octanol–water partition coefficient (Wildman–Crippen LogP) is 5.11. The smallest absolute Gasteiger partial charge is 0.0315 e. The Morgan fingerprint density at radius 2 is 1.85 bits per heavy atom. The van der Waals surface area contributed by atoms with E-state index in [1.807, 2.05) is 11.3 Å². The average Bonchev–Trinajstić information content (AvgIpc) is 2.85. The predicted molar refractivity (Wildman–Crippen MR) is 90.3 cm³/mol. The van der Waals surface area contributed by atoms with Crippen molar-refractivity contribution in [3.63, 3.8) is 0 Å². The summed E-state index contributed by atoms with van der Waals surface area (Å²) in [6, 6.07) is 13.0. The maximum atomic E-state index is 6.65. The molecule has 0 radical (unpaired) electrons. The monoisotopic (exact) mass is 349 g/mol. The number of rotatable bonds is 3. The third kappa shape index (κ3) is 3.16. The maximum absolute atomic E-state index is 6.65. The first kappa shape index (κ1) is 14.3. The molecule has 1 aliphatic rings. The zero-order chi connectivity index (χ0) is 14.0. The minimum atomic E-state index is -0.0152. The number of thiophene rings is 1. The molecule has 0 atom stereocenters. The van der Waals surface area contributed by atoms with Crippen LogP contribution >= 0.6 is 27.3 Å². The second-order valence-corrected chi connectivity index (χ2v) is 7.77. The molecule has 0 spiro atoms. The Morgan fingerprint density at radius 3 is 2.45 bits per heavy atom. The lowest BCUT2D eigenvalue weighted by atomic mass is 9.73. The van der Waals surface area contributed by atoms with Crippen LogP contribution in [0.25, 0.3) is 0 Å². The molecule has 20 heavy (non-hydrogen) atoms. The first-order valence-corrected chi connectivity index (χ1v) is 8.89. The van der Waals surface area contributed by atoms with Crippen LogP contribution in [-0.4, -0.2) is 5.54 Å². The van der Waals surface area contributed by atoms with E-state index in [4.69, 9.17) is 5.73 Å². The standard InChI is InChI=1S/C17H20BrNS/c18-15-8-11-20-16(15)12-17(19)9-6-14(7-10-17)13-4-2-1-3-5-13/h1-5,8,11,14H,6-7,9-10,12,19H2. The molecule has 3 rings (SSSR count). The third-order valence-corrected chi connectivity index (χ3v) is 6.38. The van der Waals surface area contributed by atoms with Gasteiger partial charge >= 0.3 is 0 Å². The van der Waals surface area contributed by atoms with Gasteiger partial charge in [0.2, 0.25) is 0 Å². The Hall–Kier alpha value is -0.640. The molecule has 3 heteroatoms. The van der Waals surface area contributed by atoms with E-state index < -0.39 is 0 Å². The van der Waals surface area contributed by atoms with Crippen LogP contribution in [0.4, 0.5) is 0 Å². The van der Waals surface area contributed by atoms with Crippen molar-refractivity contribution in [3.8, 4) is 0 Å². The van der Waals surface area contributed by atoms with Crippen LogP contribution in [0.2, 0.25) is 0 Å². The molecule has 2 aromatic rings. The molecule has 0 bridgehead atoms. The Labute approximate surface area is 133 Å². The van der Waals surface area contributed by atoms with Gasteiger partial charge in [-0.25, -0.2) is 0 Å². The largest absolute Gasteiger partial charge is 0.325 e. The minimum Gasteiger partial charge on any atom is -0.325 e. The number of benzene rings is 1. The molecule has 1 aromatic carbocycles. The molecule has 1 aliphatic carbocycles. The molecule has 106 valence electrons. The second kappa shape index (κ2) is 6.00. The van der Waals surface area contributed by atoms with Crippen LogP contribution in [0.5, 0.6) is 0 Å². The van der Waals surface area contributed by atoms with E-state index in [0.717, 1.165) is 19.3 Å². The summed E-state index contributed by atoms with van der Waals surface area (Å²) in [5.41, 5.74) is 8.11. The number of hydrogen-bond donors (Lipinski definition) is 1. The van der Waals surface area contributed by atoms with Crippen molar-refractivity contribution < 1.29 is 0 Å². The average molecular weight is 350 g/mol. The molecule has 0 aliphatic heterocycles. The fourth-order valence-electron chi connectivity index (χ4n) is 3.20. The highest BCUT2D eigenvalue weighted by Crippen LogP contribution is 2.39. The van der Waals surface area contributed by atoms with E-state index in [1.165, 1.54) is 27.8 Å². The van der Waals surface area contributed by atoms with Crippen molar-refractivity contribution in [1.29, 1.82) is 0 Å². The van der Waals surface area contributed by atoms with Gasteiger partial charge in [0.05, 0.1) is 0 Å². The van der Waals surface area contributed by atoms with E-state index in [9.17, 15) is 0 Å². The van der Waals surface area contributed by atoms with Crippen molar-refractivity contribution >= 4 is 27.3 Å². The van der Waals surface area contributed by atoms with E-state index in [0.29, 0.717) is 5.92 Å². The maximum Gasteiger partial charge on any atom is 0.0315 e. The highest BCUT2D eigenvalue weighted by atomic mass is 79.9. The molecule has 1 nitrogen and oxygen atoms in total. The quantitative estimate of drug-likeness (QED) is 0.818. The van der Waals surface area contributed by atoms with Crippen LogP contribution in [0.3, 0.4) is 0 Å². The first-order valence-electron chi connectivity index (χ1n) is 7.22. The van der Waals surface area contributed by atoms with Crippen molar-refractivity contribution in [2.24, 2.45) is 5.73 Å². The minimum absolute atomic E-state index is 0.0152. The zero-order valence-electron chi connectivity index (χ0n) is 11.5. The summed E-state index contributed by atoms with van der Waals surface area (Å²) in [6.07, 6.45) is 5.67. The fourth-order valence-corrected chi connectivity index (χ4v) is 4.85. The Kier molecular flexibility index (Phi) is 4.29. The van der Waals surface area contributed by atoms with Crippen LogP contribution < -0.4 is 5.73 Å². The molecule has 2 N–H and O–H groups in total. The summed E-state index contributed by atoms with van der Waals surface area (Å²) in [4.78, 5) is 1.39. The van der Waals surface area contributed by atoms with Gasteiger partial charge < -0.3 is 5.73 Å². The molecule has 1 saturated carbocycles. The van der Waals surface area contributed by atoms with E-state index in [2.05, 4.69) is 57.7 Å². The molecule has 1 fully saturated rings. The highest BCUT2D eigenvalue weighted by molar-refractivity contribution is 9.10. The first-order chi connectivity index (χ1) is 9.66. The van der Waals surface area contributed by atoms with Gasteiger partial charge in [0.25, 0.3) is 0 Å². The van der Waals surface area contributed by atoms with Gasteiger partial charge in [0, 0.05) is 21.3 Å². The van der Waals surface area contributed by atoms with E-state index >= 15 is 0 Å². The molecule has 0 saturated heterocycles. The summed E-state index contributed by atoms with van der Waals surface area (Å²) in [5.74, 6) is 0.694. The lowest BCUT2D eigenvalue weighted by Gasteiger charge is -2.37. The van der Waals surface area contributed by atoms with Crippen molar-refractivity contribution in [2.75, 3.05) is 0 Å². The summed E-state index contributed by atoms with van der Waals surface area (Å²) < 4.78 is 1.22. The Morgan fingerprint density at radius 1 is 1.15 bits per heavy atom. The van der Waals surface area contributed by atoms with Gasteiger partial charge in [-0.3, -0.25) is 0 Å². The topological polar surface area (TPSA) is 26.0 Å². The Bertz CT molecular complexity index is 555. The SMILES string of the molecule is NC1(Cc2sccc2Br)CCC(c2ccccc2)CC1. The molecule has 0 unspecified atom stereocenters. The van der Waals surface area contributed by atoms with Crippen molar-refractivity contribution in [3.05, 3.63) is 56.7 Å². The van der Waals surface area contributed by atoms with Crippen LogP contribution in [0.15, 0.2) is 46.3 Å². The molecule has 1 aromatic heterocycles. The van der Waals surface area contributed by atoms with Gasteiger partial charge in [-0.15, -0.1) is 11.3 Å². The zero-order valence-corrected chi connectivity index (χ0v) is 13.9. The van der Waals surface area contributed by atoms with Crippen molar-refractivity contribution in [1.82, 2.24) is 0 Å².